The van der Waals surface area contributed by atoms with E-state index in [9.17, 15) is 4.79 Å². The molecule has 0 aromatic carbocycles. The minimum Gasteiger partial charge on any atom is -0.379 e. The molecule has 0 bridgehead atoms. The summed E-state index contributed by atoms with van der Waals surface area (Å²) in [5.41, 5.74) is 0.836. The van der Waals surface area contributed by atoms with E-state index in [0.29, 0.717) is 24.5 Å². The molecule has 0 radical (unpaired) electrons. The van der Waals surface area contributed by atoms with Crippen molar-refractivity contribution in [3.05, 3.63) is 29.0 Å². The first kappa shape index (κ1) is 12.5. The zero-order valence-electron chi connectivity index (χ0n) is 9.49. The number of nitrogens with zero attached hydrogens (tertiary/aromatic N) is 1. The highest BCUT2D eigenvalue weighted by Gasteiger charge is 2.17. The summed E-state index contributed by atoms with van der Waals surface area (Å²) >= 11 is 5.96. The van der Waals surface area contributed by atoms with Crippen LogP contribution < -0.4 is 5.32 Å². The first-order valence-electron chi connectivity index (χ1n) is 5.67. The van der Waals surface area contributed by atoms with Crippen LogP contribution >= 0.6 is 11.6 Å². The molecule has 0 spiro atoms. The van der Waals surface area contributed by atoms with Gasteiger partial charge in [-0.25, -0.2) is 0 Å². The number of pyridine rings is 1. The van der Waals surface area contributed by atoms with E-state index in [1.54, 1.807) is 18.5 Å². The Morgan fingerprint density at radius 2 is 2.53 bits per heavy atom. The lowest BCUT2D eigenvalue weighted by Gasteiger charge is -2.23. The van der Waals surface area contributed by atoms with E-state index in [4.69, 9.17) is 16.3 Å². The van der Waals surface area contributed by atoms with Gasteiger partial charge in [0.15, 0.2) is 0 Å². The number of halogens is 1. The lowest BCUT2D eigenvalue weighted by molar-refractivity contribution is -0.119. The van der Waals surface area contributed by atoms with E-state index < -0.39 is 0 Å². The third-order valence-corrected chi connectivity index (χ3v) is 3.06. The first-order chi connectivity index (χ1) is 8.25. The number of ether oxygens (including phenoxy) is 1. The average Bonchev–Trinajstić information content (AvgIpc) is 2.33. The maximum atomic E-state index is 11.9. The Hall–Kier alpha value is -0.970. The van der Waals surface area contributed by atoms with Crippen molar-refractivity contribution in [3.63, 3.8) is 0 Å². The highest BCUT2D eigenvalue weighted by Crippen LogP contribution is 2.15. The molecular formula is C12H15ClN2O2. The number of hydrogen-bond acceptors (Lipinski definition) is 4. The molecule has 1 saturated heterocycles. The lowest BCUT2D eigenvalue weighted by atomic mass is 10.0. The third-order valence-electron chi connectivity index (χ3n) is 2.72. The van der Waals surface area contributed by atoms with Crippen LogP contribution in [0.5, 0.6) is 0 Å². The summed E-state index contributed by atoms with van der Waals surface area (Å²) in [6, 6.07) is 1.92. The minimum absolute atomic E-state index is 0.136. The Labute approximate surface area is 105 Å². The molecule has 1 aromatic heterocycles. The second-order valence-electron chi connectivity index (χ2n) is 4.11. The molecule has 1 aliphatic rings. The predicted octanol–water partition coefficient (Wildman–Crippen LogP) is 1.23. The van der Waals surface area contributed by atoms with Crippen LogP contribution in [0.1, 0.15) is 12.0 Å². The van der Waals surface area contributed by atoms with Crippen molar-refractivity contribution in [2.45, 2.75) is 18.9 Å². The Bertz CT molecular complexity index is 392. The summed E-state index contributed by atoms with van der Waals surface area (Å²) in [7, 11) is 0. The predicted molar refractivity (Wildman–Crippen MR) is 65.2 cm³/mol. The van der Waals surface area contributed by atoms with Crippen LogP contribution in [0.3, 0.4) is 0 Å². The van der Waals surface area contributed by atoms with Gasteiger partial charge in [-0.05, 0) is 11.6 Å². The van der Waals surface area contributed by atoms with Crippen LogP contribution in [0.4, 0.5) is 0 Å². The number of Topliss-reactive ketones (excluding diaryl/α,β-unsaturated/α-hetero) is 1. The van der Waals surface area contributed by atoms with E-state index in [1.807, 2.05) is 0 Å². The number of morpholine rings is 1. The van der Waals surface area contributed by atoms with Crippen molar-refractivity contribution < 1.29 is 9.53 Å². The van der Waals surface area contributed by atoms with Crippen molar-refractivity contribution in [2.24, 2.45) is 0 Å². The van der Waals surface area contributed by atoms with E-state index in [-0.39, 0.29) is 11.8 Å². The second kappa shape index (κ2) is 6.10. The second-order valence-corrected chi connectivity index (χ2v) is 4.52. The molecule has 17 heavy (non-hydrogen) atoms. The number of hydrogen-bond donors (Lipinski definition) is 1. The summed E-state index contributed by atoms with van der Waals surface area (Å²) in [4.78, 5) is 15.8. The average molecular weight is 255 g/mol. The molecule has 1 aromatic rings. The molecule has 0 saturated carbocycles. The highest BCUT2D eigenvalue weighted by atomic mass is 35.5. The molecule has 2 heterocycles. The van der Waals surface area contributed by atoms with Crippen LogP contribution in [0.15, 0.2) is 18.5 Å². The number of aromatic nitrogens is 1. The Kier molecular flexibility index (Phi) is 4.48. The van der Waals surface area contributed by atoms with Crippen LogP contribution in [-0.2, 0) is 16.0 Å². The Morgan fingerprint density at radius 1 is 1.65 bits per heavy atom. The van der Waals surface area contributed by atoms with E-state index in [2.05, 4.69) is 10.3 Å². The summed E-state index contributed by atoms with van der Waals surface area (Å²) in [5, 5.41) is 3.81. The van der Waals surface area contributed by atoms with Gasteiger partial charge in [-0.1, -0.05) is 11.6 Å². The third kappa shape index (κ3) is 3.77. The van der Waals surface area contributed by atoms with E-state index in [1.165, 1.54) is 0 Å². The SMILES string of the molecule is O=C(Cc1ccncc1Cl)CC1COCCN1. The molecular weight excluding hydrogens is 240 g/mol. The van der Waals surface area contributed by atoms with Gasteiger partial charge in [0.05, 0.1) is 18.2 Å². The molecule has 0 amide bonds. The fraction of sp³-hybridized carbons (Fsp3) is 0.500. The number of nitrogens with one attached hydrogen (secondary N) is 1. The van der Waals surface area contributed by atoms with Gasteiger partial charge < -0.3 is 10.1 Å². The highest BCUT2D eigenvalue weighted by molar-refractivity contribution is 6.31. The zero-order chi connectivity index (χ0) is 12.1. The van der Waals surface area contributed by atoms with Gasteiger partial charge in [0, 0.05) is 37.8 Å². The van der Waals surface area contributed by atoms with Gasteiger partial charge in [-0.15, -0.1) is 0 Å². The maximum absolute atomic E-state index is 11.9. The monoisotopic (exact) mass is 254 g/mol. The van der Waals surface area contributed by atoms with Crippen LogP contribution in [0.25, 0.3) is 0 Å². The largest absolute Gasteiger partial charge is 0.379 e. The van der Waals surface area contributed by atoms with Gasteiger partial charge in [0.1, 0.15) is 5.78 Å². The lowest BCUT2D eigenvalue weighted by Crippen LogP contribution is -2.42. The fourth-order valence-corrected chi connectivity index (χ4v) is 2.04. The first-order valence-corrected chi connectivity index (χ1v) is 6.04. The van der Waals surface area contributed by atoms with Gasteiger partial charge in [-0.3, -0.25) is 9.78 Å². The summed E-state index contributed by atoms with van der Waals surface area (Å²) in [6.07, 6.45) is 4.06. The van der Waals surface area contributed by atoms with Gasteiger partial charge >= 0.3 is 0 Å². The minimum atomic E-state index is 0.136. The fourth-order valence-electron chi connectivity index (χ4n) is 1.86. The van der Waals surface area contributed by atoms with E-state index in [0.717, 1.165) is 18.7 Å². The topological polar surface area (TPSA) is 51.2 Å². The molecule has 1 atom stereocenters. The normalized spacial score (nSPS) is 20.2. The van der Waals surface area contributed by atoms with Crippen molar-refractivity contribution in [2.75, 3.05) is 19.8 Å². The molecule has 2 rings (SSSR count). The smallest absolute Gasteiger partial charge is 0.138 e. The molecule has 0 aliphatic carbocycles. The summed E-state index contributed by atoms with van der Waals surface area (Å²) < 4.78 is 5.31. The van der Waals surface area contributed by atoms with Crippen molar-refractivity contribution in [1.82, 2.24) is 10.3 Å². The van der Waals surface area contributed by atoms with Crippen molar-refractivity contribution >= 4 is 17.4 Å². The molecule has 92 valence electrons. The Morgan fingerprint density at radius 3 is 3.24 bits per heavy atom. The van der Waals surface area contributed by atoms with Gasteiger partial charge in [-0.2, -0.15) is 0 Å². The number of carbonyl (C=O) groups excluding carboxylic acids is 1. The molecule has 4 nitrogen and oxygen atoms in total. The molecule has 1 unspecified atom stereocenters. The Balaban J connectivity index is 1.86. The molecule has 1 fully saturated rings. The molecule has 1 aliphatic heterocycles. The van der Waals surface area contributed by atoms with Crippen molar-refractivity contribution in [1.29, 1.82) is 0 Å². The van der Waals surface area contributed by atoms with Crippen LogP contribution in [-0.4, -0.2) is 36.6 Å². The molecule has 5 heteroatoms. The standard InChI is InChI=1S/C12H15ClN2O2/c13-12-7-14-2-1-9(12)5-11(16)6-10-8-17-4-3-15-10/h1-2,7,10,15H,3-6,8H2. The number of carbonyl (C=O) groups is 1. The van der Waals surface area contributed by atoms with Gasteiger partial charge in [0.2, 0.25) is 0 Å². The van der Waals surface area contributed by atoms with Gasteiger partial charge in [0.25, 0.3) is 0 Å². The van der Waals surface area contributed by atoms with Crippen LogP contribution in [0.2, 0.25) is 5.02 Å². The summed E-state index contributed by atoms with van der Waals surface area (Å²) in [5.74, 6) is 0.168. The maximum Gasteiger partial charge on any atom is 0.138 e. The zero-order valence-corrected chi connectivity index (χ0v) is 10.2. The summed E-state index contributed by atoms with van der Waals surface area (Å²) in [6.45, 7) is 2.14. The number of rotatable bonds is 4. The molecule has 1 N–H and O–H groups in total. The van der Waals surface area contributed by atoms with Crippen molar-refractivity contribution in [3.8, 4) is 0 Å². The number of ketones is 1. The van der Waals surface area contributed by atoms with Crippen LogP contribution in [0, 0.1) is 0 Å². The quantitative estimate of drug-likeness (QED) is 0.878. The van der Waals surface area contributed by atoms with E-state index >= 15 is 0 Å².